The Bertz CT molecular complexity index is 212. The number of hydrogen-bond acceptors (Lipinski definition) is 3. The summed E-state index contributed by atoms with van der Waals surface area (Å²) in [7, 11) is 2.23. The molecule has 3 heteroatoms. The van der Waals surface area contributed by atoms with Crippen molar-refractivity contribution in [3.8, 4) is 0 Å². The van der Waals surface area contributed by atoms with E-state index >= 15 is 0 Å². The first-order valence-corrected chi connectivity index (χ1v) is 6.98. The zero-order valence-electron chi connectivity index (χ0n) is 12.3. The van der Waals surface area contributed by atoms with Crippen molar-refractivity contribution in [3.05, 3.63) is 0 Å². The third kappa shape index (κ3) is 4.57. The van der Waals surface area contributed by atoms with Crippen LogP contribution in [0.25, 0.3) is 0 Å². The third-order valence-electron chi connectivity index (χ3n) is 4.06. The van der Waals surface area contributed by atoms with Crippen molar-refractivity contribution in [2.45, 2.75) is 52.6 Å². The normalized spacial score (nSPS) is 23.3. The van der Waals surface area contributed by atoms with Crippen LogP contribution in [0.4, 0.5) is 0 Å². The lowest BCUT2D eigenvalue weighted by Crippen LogP contribution is -2.48. The fourth-order valence-electron chi connectivity index (χ4n) is 2.42. The van der Waals surface area contributed by atoms with Gasteiger partial charge in [-0.15, -0.1) is 0 Å². The number of ether oxygens (including phenoxy) is 1. The summed E-state index contributed by atoms with van der Waals surface area (Å²) in [4.78, 5) is 2.47. The highest BCUT2D eigenvalue weighted by molar-refractivity contribution is 4.85. The lowest BCUT2D eigenvalue weighted by atomic mass is 9.84. The SMILES string of the molecule is CCCNC(C)C(C)(C)CN(C)C1CCOC1. The second kappa shape index (κ2) is 6.72. The van der Waals surface area contributed by atoms with Crippen molar-refractivity contribution in [2.24, 2.45) is 5.41 Å². The zero-order valence-corrected chi connectivity index (χ0v) is 12.3. The summed E-state index contributed by atoms with van der Waals surface area (Å²) >= 11 is 0. The molecule has 2 atom stereocenters. The zero-order chi connectivity index (χ0) is 12.9. The van der Waals surface area contributed by atoms with Gasteiger partial charge in [0.1, 0.15) is 0 Å². The van der Waals surface area contributed by atoms with Gasteiger partial charge in [-0.2, -0.15) is 0 Å². The van der Waals surface area contributed by atoms with E-state index in [-0.39, 0.29) is 0 Å². The van der Waals surface area contributed by atoms with Crippen molar-refractivity contribution >= 4 is 0 Å². The summed E-state index contributed by atoms with van der Waals surface area (Å²) < 4.78 is 5.46. The molecule has 0 saturated carbocycles. The lowest BCUT2D eigenvalue weighted by Gasteiger charge is -2.38. The Hall–Kier alpha value is -0.120. The van der Waals surface area contributed by atoms with Crippen LogP contribution in [0, 0.1) is 5.41 Å². The molecule has 1 heterocycles. The molecule has 0 aliphatic carbocycles. The molecule has 1 fully saturated rings. The van der Waals surface area contributed by atoms with Crippen LogP contribution in [-0.4, -0.2) is 50.3 Å². The summed E-state index contributed by atoms with van der Waals surface area (Å²) in [5, 5.41) is 3.61. The molecule has 0 bridgehead atoms. The molecule has 1 aliphatic heterocycles. The van der Waals surface area contributed by atoms with Crippen LogP contribution in [0.1, 0.15) is 40.5 Å². The predicted molar refractivity (Wildman–Crippen MR) is 73.4 cm³/mol. The van der Waals surface area contributed by atoms with Gasteiger partial charge in [-0.1, -0.05) is 20.8 Å². The number of rotatable bonds is 7. The lowest BCUT2D eigenvalue weighted by molar-refractivity contribution is 0.112. The minimum atomic E-state index is 0.298. The number of likely N-dealkylation sites (N-methyl/N-ethyl adjacent to an activating group) is 1. The molecule has 1 rings (SSSR count). The van der Waals surface area contributed by atoms with Crippen LogP contribution in [0.15, 0.2) is 0 Å². The molecule has 0 aromatic heterocycles. The summed E-state index contributed by atoms with van der Waals surface area (Å²) in [6, 6.07) is 1.17. The van der Waals surface area contributed by atoms with Gasteiger partial charge in [-0.25, -0.2) is 0 Å². The molecular formula is C14H30N2O. The fourth-order valence-corrected chi connectivity index (χ4v) is 2.42. The molecule has 102 valence electrons. The van der Waals surface area contributed by atoms with E-state index in [2.05, 4.69) is 45.0 Å². The molecule has 2 unspecified atom stereocenters. The van der Waals surface area contributed by atoms with Crippen LogP contribution in [-0.2, 0) is 4.74 Å². The molecule has 1 N–H and O–H groups in total. The van der Waals surface area contributed by atoms with Crippen molar-refractivity contribution in [2.75, 3.05) is 33.4 Å². The van der Waals surface area contributed by atoms with Crippen LogP contribution < -0.4 is 5.32 Å². The summed E-state index contributed by atoms with van der Waals surface area (Å²) in [5.74, 6) is 0. The highest BCUT2D eigenvalue weighted by atomic mass is 16.5. The molecule has 0 spiro atoms. The Morgan fingerprint density at radius 1 is 1.47 bits per heavy atom. The van der Waals surface area contributed by atoms with Crippen molar-refractivity contribution < 1.29 is 4.74 Å². The van der Waals surface area contributed by atoms with E-state index in [0.717, 1.165) is 26.3 Å². The van der Waals surface area contributed by atoms with Gasteiger partial charge in [0.05, 0.1) is 6.61 Å². The van der Waals surface area contributed by atoms with Crippen molar-refractivity contribution in [1.82, 2.24) is 10.2 Å². The van der Waals surface area contributed by atoms with Crippen LogP contribution in [0.5, 0.6) is 0 Å². The molecule has 0 aromatic rings. The predicted octanol–water partition coefficient (Wildman–Crippen LogP) is 2.12. The quantitative estimate of drug-likeness (QED) is 0.740. The molecule has 0 amide bonds. The van der Waals surface area contributed by atoms with E-state index < -0.39 is 0 Å². The Morgan fingerprint density at radius 3 is 2.71 bits per heavy atom. The van der Waals surface area contributed by atoms with Gasteiger partial charge < -0.3 is 15.0 Å². The average molecular weight is 242 g/mol. The Morgan fingerprint density at radius 2 is 2.18 bits per heavy atom. The molecule has 1 saturated heterocycles. The number of nitrogens with zero attached hydrogens (tertiary/aromatic N) is 1. The van der Waals surface area contributed by atoms with Gasteiger partial charge in [-0.05, 0) is 38.8 Å². The van der Waals surface area contributed by atoms with Gasteiger partial charge in [0, 0.05) is 25.2 Å². The minimum Gasteiger partial charge on any atom is -0.380 e. The summed E-state index contributed by atoms with van der Waals surface area (Å²) in [6.07, 6.45) is 2.38. The first-order chi connectivity index (χ1) is 7.97. The summed E-state index contributed by atoms with van der Waals surface area (Å²) in [6.45, 7) is 13.3. The van der Waals surface area contributed by atoms with Gasteiger partial charge in [-0.3, -0.25) is 0 Å². The average Bonchev–Trinajstić information content (AvgIpc) is 2.78. The van der Waals surface area contributed by atoms with E-state index in [1.807, 2.05) is 0 Å². The standard InChI is InChI=1S/C14H30N2O/c1-6-8-15-12(2)14(3,4)11-16(5)13-7-9-17-10-13/h12-13,15H,6-11H2,1-5H3. The molecule has 3 nitrogen and oxygen atoms in total. The Labute approximate surface area is 107 Å². The van der Waals surface area contributed by atoms with Crippen LogP contribution >= 0.6 is 0 Å². The first-order valence-electron chi connectivity index (χ1n) is 6.98. The van der Waals surface area contributed by atoms with Gasteiger partial charge >= 0.3 is 0 Å². The van der Waals surface area contributed by atoms with Gasteiger partial charge in [0.15, 0.2) is 0 Å². The second-order valence-electron chi connectivity index (χ2n) is 6.10. The number of nitrogens with one attached hydrogen (secondary N) is 1. The molecule has 17 heavy (non-hydrogen) atoms. The maximum absolute atomic E-state index is 5.46. The van der Waals surface area contributed by atoms with Gasteiger partial charge in [0.2, 0.25) is 0 Å². The van der Waals surface area contributed by atoms with Crippen LogP contribution in [0.2, 0.25) is 0 Å². The van der Waals surface area contributed by atoms with E-state index in [4.69, 9.17) is 4.74 Å². The molecule has 0 aromatic carbocycles. The molecule has 0 radical (unpaired) electrons. The molecular weight excluding hydrogens is 212 g/mol. The maximum atomic E-state index is 5.46. The Balaban J connectivity index is 2.40. The maximum Gasteiger partial charge on any atom is 0.0622 e. The van der Waals surface area contributed by atoms with E-state index in [1.165, 1.54) is 12.8 Å². The first kappa shape index (κ1) is 14.9. The largest absolute Gasteiger partial charge is 0.380 e. The van der Waals surface area contributed by atoms with Gasteiger partial charge in [0.25, 0.3) is 0 Å². The number of hydrogen-bond donors (Lipinski definition) is 1. The molecule has 1 aliphatic rings. The smallest absolute Gasteiger partial charge is 0.0622 e. The van der Waals surface area contributed by atoms with Crippen molar-refractivity contribution in [1.29, 1.82) is 0 Å². The topological polar surface area (TPSA) is 24.5 Å². The monoisotopic (exact) mass is 242 g/mol. The highest BCUT2D eigenvalue weighted by Gasteiger charge is 2.30. The van der Waals surface area contributed by atoms with E-state index in [0.29, 0.717) is 17.5 Å². The van der Waals surface area contributed by atoms with E-state index in [1.54, 1.807) is 0 Å². The second-order valence-corrected chi connectivity index (χ2v) is 6.10. The highest BCUT2D eigenvalue weighted by Crippen LogP contribution is 2.24. The fraction of sp³-hybridized carbons (Fsp3) is 1.00. The third-order valence-corrected chi connectivity index (χ3v) is 4.06. The Kier molecular flexibility index (Phi) is 5.90. The van der Waals surface area contributed by atoms with E-state index in [9.17, 15) is 0 Å². The minimum absolute atomic E-state index is 0.298. The summed E-state index contributed by atoms with van der Waals surface area (Å²) in [5.41, 5.74) is 0.298. The van der Waals surface area contributed by atoms with Crippen molar-refractivity contribution in [3.63, 3.8) is 0 Å². The van der Waals surface area contributed by atoms with Crippen LogP contribution in [0.3, 0.4) is 0 Å².